The van der Waals surface area contributed by atoms with Gasteiger partial charge in [-0.05, 0) is 24.8 Å². The van der Waals surface area contributed by atoms with Crippen molar-refractivity contribution in [3.05, 3.63) is 24.0 Å². The molecule has 0 aliphatic rings. The Hall–Kier alpha value is -0.410. The molecule has 14 heavy (non-hydrogen) atoms. The topological polar surface area (TPSA) is 30.9 Å². The van der Waals surface area contributed by atoms with Gasteiger partial charge in [0.1, 0.15) is 0 Å². The van der Waals surface area contributed by atoms with Crippen LogP contribution in [0.15, 0.2) is 18.3 Å². The van der Waals surface area contributed by atoms with Crippen molar-refractivity contribution >= 4 is 11.8 Å². The summed E-state index contributed by atoms with van der Waals surface area (Å²) in [7, 11) is 0. The molecule has 0 bridgehead atoms. The largest absolute Gasteiger partial charge is 0.351 e. The van der Waals surface area contributed by atoms with E-state index < -0.39 is 0 Å². The fourth-order valence-corrected chi connectivity index (χ4v) is 1.83. The number of hydrogen-bond acceptors (Lipinski definition) is 2. The normalized spacial score (nSPS) is 13.1. The van der Waals surface area contributed by atoms with E-state index in [-0.39, 0.29) is 0 Å². The highest BCUT2D eigenvalue weighted by atomic mass is 32.2. The minimum absolute atomic E-state index is 0.304. The molecule has 80 valence electrons. The molecular formula is C11H20N2S. The number of aromatic nitrogens is 1. The molecule has 2 N–H and O–H groups in total. The van der Waals surface area contributed by atoms with Crippen LogP contribution in [0.3, 0.4) is 0 Å². The van der Waals surface area contributed by atoms with Crippen LogP contribution in [0, 0.1) is 0 Å². The van der Waals surface area contributed by atoms with E-state index in [4.69, 9.17) is 5.73 Å². The van der Waals surface area contributed by atoms with E-state index in [0.717, 1.165) is 19.4 Å². The summed E-state index contributed by atoms with van der Waals surface area (Å²) >= 11 is 1.88. The molecule has 3 heteroatoms. The van der Waals surface area contributed by atoms with Crippen LogP contribution in [0.1, 0.15) is 19.0 Å². The van der Waals surface area contributed by atoms with E-state index in [1.165, 1.54) is 11.4 Å². The molecule has 1 unspecified atom stereocenters. The van der Waals surface area contributed by atoms with Crippen molar-refractivity contribution in [2.24, 2.45) is 5.73 Å². The number of hydrogen-bond donors (Lipinski definition) is 1. The van der Waals surface area contributed by atoms with E-state index in [2.05, 4.69) is 36.1 Å². The zero-order valence-electron chi connectivity index (χ0n) is 9.07. The number of rotatable bonds is 6. The van der Waals surface area contributed by atoms with E-state index in [0.29, 0.717) is 6.04 Å². The van der Waals surface area contributed by atoms with Crippen molar-refractivity contribution < 1.29 is 0 Å². The molecule has 0 aliphatic heterocycles. The van der Waals surface area contributed by atoms with E-state index >= 15 is 0 Å². The first-order valence-corrected chi connectivity index (χ1v) is 6.55. The molecule has 0 spiro atoms. The maximum Gasteiger partial charge on any atom is 0.0313 e. The van der Waals surface area contributed by atoms with Gasteiger partial charge in [0.2, 0.25) is 0 Å². The summed E-state index contributed by atoms with van der Waals surface area (Å²) in [5.74, 6) is 1.17. The monoisotopic (exact) mass is 212 g/mol. The van der Waals surface area contributed by atoms with Crippen LogP contribution in [0.4, 0.5) is 0 Å². The van der Waals surface area contributed by atoms with Gasteiger partial charge in [-0.15, -0.1) is 0 Å². The van der Waals surface area contributed by atoms with Crippen LogP contribution < -0.4 is 5.73 Å². The van der Waals surface area contributed by atoms with Gasteiger partial charge in [0.05, 0.1) is 0 Å². The Morgan fingerprint density at radius 1 is 1.57 bits per heavy atom. The van der Waals surface area contributed by atoms with Gasteiger partial charge in [-0.3, -0.25) is 0 Å². The Morgan fingerprint density at radius 3 is 3.00 bits per heavy atom. The summed E-state index contributed by atoms with van der Waals surface area (Å²) in [5.41, 5.74) is 7.31. The summed E-state index contributed by atoms with van der Waals surface area (Å²) in [6.07, 6.45) is 6.33. The summed E-state index contributed by atoms with van der Waals surface area (Å²) < 4.78 is 2.31. The van der Waals surface area contributed by atoms with Crippen LogP contribution in [0.5, 0.6) is 0 Å². The molecule has 0 aromatic carbocycles. The van der Waals surface area contributed by atoms with Gasteiger partial charge in [-0.2, -0.15) is 11.8 Å². The second-order valence-corrected chi connectivity index (χ2v) is 4.54. The summed E-state index contributed by atoms with van der Waals surface area (Å²) in [6, 6.07) is 4.59. The van der Waals surface area contributed by atoms with Crippen LogP contribution >= 0.6 is 11.8 Å². The Balaban J connectivity index is 2.53. The quantitative estimate of drug-likeness (QED) is 0.783. The van der Waals surface area contributed by atoms with Crippen molar-refractivity contribution in [1.29, 1.82) is 0 Å². The van der Waals surface area contributed by atoms with Crippen molar-refractivity contribution in [1.82, 2.24) is 4.57 Å². The van der Waals surface area contributed by atoms with Crippen LogP contribution in [0.25, 0.3) is 0 Å². The molecule has 0 radical (unpaired) electrons. The number of thioether (sulfide) groups is 1. The molecular weight excluding hydrogens is 192 g/mol. The first-order chi connectivity index (χ1) is 6.77. The molecule has 0 saturated carbocycles. The Labute approximate surface area is 90.9 Å². The molecule has 1 rings (SSSR count). The Bertz CT molecular complexity index is 258. The number of nitrogens with two attached hydrogens (primary N) is 1. The van der Waals surface area contributed by atoms with Crippen LogP contribution in [-0.2, 0) is 13.0 Å². The zero-order valence-corrected chi connectivity index (χ0v) is 9.89. The first-order valence-electron chi connectivity index (χ1n) is 5.16. The highest BCUT2D eigenvalue weighted by molar-refractivity contribution is 7.98. The number of nitrogens with zero attached hydrogens (tertiary/aromatic N) is 1. The van der Waals surface area contributed by atoms with Gasteiger partial charge < -0.3 is 10.3 Å². The molecule has 2 nitrogen and oxygen atoms in total. The van der Waals surface area contributed by atoms with Gasteiger partial charge >= 0.3 is 0 Å². The fraction of sp³-hybridized carbons (Fsp3) is 0.636. The Kier molecular flexibility index (Phi) is 5.12. The summed E-state index contributed by atoms with van der Waals surface area (Å²) in [4.78, 5) is 0. The molecule has 1 atom stereocenters. The maximum atomic E-state index is 5.94. The van der Waals surface area contributed by atoms with E-state index in [1.54, 1.807) is 0 Å². The SMILES string of the molecule is CCC(N)Cc1cccn1CCSC. The molecule has 1 aromatic rings. The van der Waals surface area contributed by atoms with Crippen molar-refractivity contribution in [3.63, 3.8) is 0 Å². The third-order valence-corrected chi connectivity index (χ3v) is 3.05. The van der Waals surface area contributed by atoms with Gasteiger partial charge in [-0.25, -0.2) is 0 Å². The lowest BCUT2D eigenvalue weighted by molar-refractivity contribution is 0.606. The minimum atomic E-state index is 0.304. The van der Waals surface area contributed by atoms with Gasteiger partial charge in [-0.1, -0.05) is 6.92 Å². The predicted octanol–water partition coefficient (Wildman–Crippen LogP) is 2.13. The van der Waals surface area contributed by atoms with Crippen LogP contribution in [-0.4, -0.2) is 22.6 Å². The molecule has 0 aliphatic carbocycles. The van der Waals surface area contributed by atoms with Gasteiger partial charge in [0.15, 0.2) is 0 Å². The van der Waals surface area contributed by atoms with Crippen molar-refractivity contribution in [3.8, 4) is 0 Å². The van der Waals surface area contributed by atoms with Gasteiger partial charge in [0, 0.05) is 36.7 Å². The molecule has 0 saturated heterocycles. The lowest BCUT2D eigenvalue weighted by Gasteiger charge is -2.12. The van der Waals surface area contributed by atoms with E-state index in [1.807, 2.05) is 11.8 Å². The van der Waals surface area contributed by atoms with Crippen molar-refractivity contribution in [2.45, 2.75) is 32.4 Å². The third kappa shape index (κ3) is 3.39. The first kappa shape index (κ1) is 11.7. The average Bonchev–Trinajstić information content (AvgIpc) is 2.62. The van der Waals surface area contributed by atoms with Crippen molar-refractivity contribution in [2.75, 3.05) is 12.0 Å². The minimum Gasteiger partial charge on any atom is -0.351 e. The van der Waals surface area contributed by atoms with E-state index in [9.17, 15) is 0 Å². The highest BCUT2D eigenvalue weighted by Crippen LogP contribution is 2.07. The molecule has 1 heterocycles. The summed E-state index contributed by atoms with van der Waals surface area (Å²) in [6.45, 7) is 3.24. The maximum absolute atomic E-state index is 5.94. The molecule has 0 amide bonds. The fourth-order valence-electron chi connectivity index (χ4n) is 1.46. The van der Waals surface area contributed by atoms with Crippen LogP contribution in [0.2, 0.25) is 0 Å². The second kappa shape index (κ2) is 6.14. The Morgan fingerprint density at radius 2 is 2.36 bits per heavy atom. The van der Waals surface area contributed by atoms with Gasteiger partial charge in [0.25, 0.3) is 0 Å². The smallest absolute Gasteiger partial charge is 0.0313 e. The molecule has 0 fully saturated rings. The summed E-state index contributed by atoms with van der Waals surface area (Å²) in [5, 5.41) is 0. The zero-order chi connectivity index (χ0) is 10.4. The highest BCUT2D eigenvalue weighted by Gasteiger charge is 2.05. The third-order valence-electron chi connectivity index (χ3n) is 2.46. The lowest BCUT2D eigenvalue weighted by Crippen LogP contribution is -2.23. The number of aryl methyl sites for hydroxylation is 1. The average molecular weight is 212 g/mol. The standard InChI is InChI=1S/C11H20N2S/c1-3-10(12)9-11-5-4-6-13(11)7-8-14-2/h4-6,10H,3,7-9,12H2,1-2H3. The second-order valence-electron chi connectivity index (χ2n) is 3.56. The predicted molar refractivity (Wildman–Crippen MR) is 64.8 cm³/mol. The molecule has 1 aromatic heterocycles. The lowest BCUT2D eigenvalue weighted by atomic mass is 10.1.